The van der Waals surface area contributed by atoms with E-state index in [1.807, 2.05) is 47.4 Å². The molecule has 0 spiro atoms. The first kappa shape index (κ1) is 12.4. The normalized spacial score (nSPS) is 17.9. The van der Waals surface area contributed by atoms with E-state index in [0.717, 1.165) is 17.7 Å². The van der Waals surface area contributed by atoms with Gasteiger partial charge in [-0.05, 0) is 29.7 Å². The van der Waals surface area contributed by atoms with Crippen molar-refractivity contribution in [1.29, 1.82) is 0 Å². The van der Waals surface area contributed by atoms with E-state index in [4.69, 9.17) is 5.73 Å². The number of hydrogen-bond acceptors (Lipinski definition) is 2. The molecule has 2 N–H and O–H groups in total. The SMILES string of the molecule is NC(c1cnn(-c2ccccc2)c1)C1Cc2ccccc21. The Hall–Kier alpha value is -2.39. The molecule has 0 amide bonds. The first-order valence-electron chi connectivity index (χ1n) is 7.26. The Labute approximate surface area is 124 Å². The molecular formula is C18H17N3. The summed E-state index contributed by atoms with van der Waals surface area (Å²) in [5.74, 6) is 0.412. The van der Waals surface area contributed by atoms with Crippen LogP contribution in [-0.4, -0.2) is 9.78 Å². The second-order valence-electron chi connectivity index (χ2n) is 5.59. The van der Waals surface area contributed by atoms with Crippen LogP contribution in [0.15, 0.2) is 67.0 Å². The predicted molar refractivity (Wildman–Crippen MR) is 83.4 cm³/mol. The molecule has 1 aliphatic rings. The fourth-order valence-electron chi connectivity index (χ4n) is 3.08. The van der Waals surface area contributed by atoms with E-state index >= 15 is 0 Å². The summed E-state index contributed by atoms with van der Waals surface area (Å²) in [6.07, 6.45) is 4.99. The zero-order valence-electron chi connectivity index (χ0n) is 11.7. The number of aromatic nitrogens is 2. The van der Waals surface area contributed by atoms with Crippen molar-refractivity contribution in [3.8, 4) is 5.69 Å². The average Bonchev–Trinajstić information content (AvgIpc) is 2.99. The summed E-state index contributed by atoms with van der Waals surface area (Å²) in [7, 11) is 0. The fraction of sp³-hybridized carbons (Fsp3) is 0.167. The van der Waals surface area contributed by atoms with Crippen molar-refractivity contribution in [2.75, 3.05) is 0 Å². The molecule has 0 fully saturated rings. The topological polar surface area (TPSA) is 43.8 Å². The second kappa shape index (κ2) is 4.86. The van der Waals surface area contributed by atoms with Crippen LogP contribution in [0.1, 0.15) is 28.7 Å². The van der Waals surface area contributed by atoms with E-state index in [-0.39, 0.29) is 6.04 Å². The van der Waals surface area contributed by atoms with Crippen LogP contribution in [0.5, 0.6) is 0 Å². The molecule has 2 unspecified atom stereocenters. The lowest BCUT2D eigenvalue weighted by molar-refractivity contribution is 0.500. The smallest absolute Gasteiger partial charge is 0.0645 e. The Kier molecular flexibility index (Phi) is 2.86. The number of rotatable bonds is 3. The molecule has 1 heterocycles. The van der Waals surface area contributed by atoms with Gasteiger partial charge in [0.05, 0.1) is 11.9 Å². The van der Waals surface area contributed by atoms with E-state index in [9.17, 15) is 0 Å². The zero-order chi connectivity index (χ0) is 14.2. The molecule has 4 rings (SSSR count). The Morgan fingerprint density at radius 1 is 1.05 bits per heavy atom. The van der Waals surface area contributed by atoms with Crippen LogP contribution in [0, 0.1) is 0 Å². The molecule has 1 aliphatic carbocycles. The molecule has 3 aromatic rings. The van der Waals surface area contributed by atoms with Crippen molar-refractivity contribution in [1.82, 2.24) is 9.78 Å². The highest BCUT2D eigenvalue weighted by molar-refractivity contribution is 5.43. The van der Waals surface area contributed by atoms with Gasteiger partial charge in [-0.25, -0.2) is 4.68 Å². The van der Waals surface area contributed by atoms with Gasteiger partial charge in [0.25, 0.3) is 0 Å². The summed E-state index contributed by atoms with van der Waals surface area (Å²) >= 11 is 0. The molecule has 3 nitrogen and oxygen atoms in total. The van der Waals surface area contributed by atoms with Crippen molar-refractivity contribution in [2.45, 2.75) is 18.4 Å². The second-order valence-corrected chi connectivity index (χ2v) is 5.59. The molecule has 1 aromatic heterocycles. The Bertz CT molecular complexity index is 761. The first-order chi connectivity index (χ1) is 10.3. The molecular weight excluding hydrogens is 258 g/mol. The zero-order valence-corrected chi connectivity index (χ0v) is 11.7. The molecule has 21 heavy (non-hydrogen) atoms. The highest BCUT2D eigenvalue weighted by atomic mass is 15.3. The summed E-state index contributed by atoms with van der Waals surface area (Å²) in [5, 5.41) is 4.44. The lowest BCUT2D eigenvalue weighted by Gasteiger charge is -2.34. The van der Waals surface area contributed by atoms with Gasteiger partial charge in [0, 0.05) is 23.7 Å². The van der Waals surface area contributed by atoms with Gasteiger partial charge in [0.15, 0.2) is 0 Å². The summed E-state index contributed by atoms with van der Waals surface area (Å²) in [5.41, 5.74) is 11.4. The van der Waals surface area contributed by atoms with Gasteiger partial charge < -0.3 is 5.73 Å². The van der Waals surface area contributed by atoms with E-state index in [1.54, 1.807) is 0 Å². The third-order valence-corrected chi connectivity index (χ3v) is 4.34. The Balaban J connectivity index is 1.60. The van der Waals surface area contributed by atoms with Gasteiger partial charge in [0.1, 0.15) is 0 Å². The highest BCUT2D eigenvalue weighted by Gasteiger charge is 2.32. The third-order valence-electron chi connectivity index (χ3n) is 4.34. The Morgan fingerprint density at radius 2 is 1.81 bits per heavy atom. The van der Waals surface area contributed by atoms with Gasteiger partial charge in [0.2, 0.25) is 0 Å². The molecule has 0 saturated carbocycles. The summed E-state index contributed by atoms with van der Waals surface area (Å²) in [6, 6.07) is 18.7. The minimum Gasteiger partial charge on any atom is -0.323 e. The largest absolute Gasteiger partial charge is 0.323 e. The van der Waals surface area contributed by atoms with Gasteiger partial charge in [-0.1, -0.05) is 42.5 Å². The predicted octanol–water partition coefficient (Wildman–Crippen LogP) is 3.21. The van der Waals surface area contributed by atoms with Crippen molar-refractivity contribution in [3.05, 3.63) is 83.7 Å². The number of benzene rings is 2. The molecule has 0 radical (unpaired) electrons. The van der Waals surface area contributed by atoms with Crippen molar-refractivity contribution < 1.29 is 0 Å². The maximum Gasteiger partial charge on any atom is 0.0645 e. The number of para-hydroxylation sites is 1. The van der Waals surface area contributed by atoms with Crippen molar-refractivity contribution in [2.24, 2.45) is 5.73 Å². The number of hydrogen-bond donors (Lipinski definition) is 1. The third kappa shape index (κ3) is 2.06. The monoisotopic (exact) mass is 275 g/mol. The summed E-state index contributed by atoms with van der Waals surface area (Å²) in [4.78, 5) is 0. The van der Waals surface area contributed by atoms with E-state index in [2.05, 4.69) is 29.4 Å². The van der Waals surface area contributed by atoms with E-state index < -0.39 is 0 Å². The molecule has 0 saturated heterocycles. The highest BCUT2D eigenvalue weighted by Crippen LogP contribution is 2.42. The first-order valence-corrected chi connectivity index (χ1v) is 7.26. The lowest BCUT2D eigenvalue weighted by Crippen LogP contribution is -2.28. The molecule has 2 aromatic carbocycles. The molecule has 0 bridgehead atoms. The van der Waals surface area contributed by atoms with Crippen LogP contribution >= 0.6 is 0 Å². The minimum atomic E-state index is 0.0114. The number of nitrogens with two attached hydrogens (primary N) is 1. The average molecular weight is 275 g/mol. The van der Waals surface area contributed by atoms with Crippen LogP contribution in [0.3, 0.4) is 0 Å². The lowest BCUT2D eigenvalue weighted by atomic mass is 9.72. The van der Waals surface area contributed by atoms with Crippen LogP contribution < -0.4 is 5.73 Å². The molecule has 3 heteroatoms. The number of nitrogens with zero attached hydrogens (tertiary/aromatic N) is 2. The maximum atomic E-state index is 6.45. The van der Waals surface area contributed by atoms with Gasteiger partial charge in [-0.2, -0.15) is 5.10 Å². The Morgan fingerprint density at radius 3 is 2.62 bits per heavy atom. The molecule has 0 aliphatic heterocycles. The quantitative estimate of drug-likeness (QED) is 0.797. The van der Waals surface area contributed by atoms with Gasteiger partial charge in [-0.3, -0.25) is 0 Å². The summed E-state index contributed by atoms with van der Waals surface area (Å²) in [6.45, 7) is 0. The van der Waals surface area contributed by atoms with Crippen LogP contribution in [0.4, 0.5) is 0 Å². The number of fused-ring (bicyclic) bond motifs is 1. The summed E-state index contributed by atoms with van der Waals surface area (Å²) < 4.78 is 1.89. The van der Waals surface area contributed by atoms with Crippen LogP contribution in [0.2, 0.25) is 0 Å². The maximum absolute atomic E-state index is 6.45. The van der Waals surface area contributed by atoms with Crippen molar-refractivity contribution >= 4 is 0 Å². The van der Waals surface area contributed by atoms with E-state index in [0.29, 0.717) is 5.92 Å². The van der Waals surface area contributed by atoms with Gasteiger partial charge >= 0.3 is 0 Å². The van der Waals surface area contributed by atoms with Crippen molar-refractivity contribution in [3.63, 3.8) is 0 Å². The fourth-order valence-corrected chi connectivity index (χ4v) is 3.08. The van der Waals surface area contributed by atoms with Crippen LogP contribution in [0.25, 0.3) is 5.69 Å². The van der Waals surface area contributed by atoms with Crippen LogP contribution in [-0.2, 0) is 6.42 Å². The molecule has 2 atom stereocenters. The standard InChI is InChI=1S/C18H17N3/c19-18(17-10-13-6-4-5-9-16(13)17)14-11-20-21(12-14)15-7-2-1-3-8-15/h1-9,11-12,17-18H,10,19H2. The molecule has 104 valence electrons. The minimum absolute atomic E-state index is 0.0114. The van der Waals surface area contributed by atoms with E-state index in [1.165, 1.54) is 11.1 Å². The van der Waals surface area contributed by atoms with Gasteiger partial charge in [-0.15, -0.1) is 0 Å².